The Bertz CT molecular complexity index is 379. The normalized spacial score (nSPS) is 12.3. The summed E-state index contributed by atoms with van der Waals surface area (Å²) < 4.78 is 5.72. The molecule has 0 spiro atoms. The van der Waals surface area contributed by atoms with Crippen LogP contribution in [-0.2, 0) is 4.79 Å². The highest BCUT2D eigenvalue weighted by atomic mass is 79.9. The van der Waals surface area contributed by atoms with Gasteiger partial charge in [-0.1, -0.05) is 34.1 Å². The smallest absolute Gasteiger partial charge is 0.231 e. The first-order valence-electron chi connectivity index (χ1n) is 5.65. The maximum absolute atomic E-state index is 11.3. The molecule has 17 heavy (non-hydrogen) atoms. The van der Waals surface area contributed by atoms with Crippen molar-refractivity contribution in [2.45, 2.75) is 32.9 Å². The van der Waals surface area contributed by atoms with E-state index >= 15 is 0 Å². The van der Waals surface area contributed by atoms with Gasteiger partial charge in [0.05, 0.1) is 17.5 Å². The minimum absolute atomic E-state index is 0.0307. The van der Waals surface area contributed by atoms with Crippen molar-refractivity contribution >= 4 is 21.8 Å². The molecule has 1 aromatic rings. The van der Waals surface area contributed by atoms with Crippen LogP contribution in [0.3, 0.4) is 0 Å². The molecular formula is C13H18BrNO2. The standard InChI is InChI=1S/C13H18BrNO2/c1-9(2)17-12-7-5-4-6-11(12)10(3)15-13(16)8-14/h4-7,9-10H,8H2,1-3H3,(H,15,16). The molecular weight excluding hydrogens is 282 g/mol. The predicted molar refractivity (Wildman–Crippen MR) is 72.6 cm³/mol. The van der Waals surface area contributed by atoms with Crippen molar-refractivity contribution in [1.29, 1.82) is 0 Å². The van der Waals surface area contributed by atoms with Gasteiger partial charge in [0.15, 0.2) is 0 Å². The Morgan fingerprint density at radius 2 is 2.00 bits per heavy atom. The average Bonchev–Trinajstić information content (AvgIpc) is 2.28. The van der Waals surface area contributed by atoms with Crippen LogP contribution in [0.5, 0.6) is 5.75 Å². The summed E-state index contributed by atoms with van der Waals surface area (Å²) in [5.74, 6) is 0.793. The molecule has 1 unspecified atom stereocenters. The summed E-state index contributed by atoms with van der Waals surface area (Å²) >= 11 is 3.13. The van der Waals surface area contributed by atoms with Crippen LogP contribution >= 0.6 is 15.9 Å². The summed E-state index contributed by atoms with van der Waals surface area (Å²) in [7, 11) is 0. The molecule has 0 aliphatic carbocycles. The molecule has 0 aliphatic heterocycles. The summed E-state index contributed by atoms with van der Waals surface area (Å²) in [6, 6.07) is 7.71. The van der Waals surface area contributed by atoms with Crippen molar-refractivity contribution in [2.24, 2.45) is 0 Å². The van der Waals surface area contributed by atoms with Crippen LogP contribution < -0.4 is 10.1 Å². The number of para-hydroxylation sites is 1. The molecule has 0 aliphatic rings. The molecule has 94 valence electrons. The maximum atomic E-state index is 11.3. The molecule has 1 N–H and O–H groups in total. The Morgan fingerprint density at radius 3 is 2.59 bits per heavy atom. The van der Waals surface area contributed by atoms with Gasteiger partial charge in [0.25, 0.3) is 0 Å². The number of nitrogens with one attached hydrogen (secondary N) is 1. The molecule has 0 heterocycles. The zero-order chi connectivity index (χ0) is 12.8. The highest BCUT2D eigenvalue weighted by Gasteiger charge is 2.13. The summed E-state index contributed by atoms with van der Waals surface area (Å²) in [6.45, 7) is 5.92. The van der Waals surface area contributed by atoms with Gasteiger partial charge in [0.2, 0.25) is 5.91 Å². The third-order valence-electron chi connectivity index (χ3n) is 2.25. The van der Waals surface area contributed by atoms with Crippen LogP contribution in [-0.4, -0.2) is 17.3 Å². The lowest BCUT2D eigenvalue weighted by Crippen LogP contribution is -2.27. The van der Waals surface area contributed by atoms with E-state index in [2.05, 4.69) is 21.2 Å². The quantitative estimate of drug-likeness (QED) is 0.849. The zero-order valence-corrected chi connectivity index (χ0v) is 12.0. The molecule has 3 nitrogen and oxygen atoms in total. The number of hydrogen-bond donors (Lipinski definition) is 1. The SMILES string of the molecule is CC(C)Oc1ccccc1C(C)NC(=O)CBr. The van der Waals surface area contributed by atoms with Crippen LogP contribution in [0, 0.1) is 0 Å². The van der Waals surface area contributed by atoms with Crippen molar-refractivity contribution in [3.8, 4) is 5.75 Å². The van der Waals surface area contributed by atoms with E-state index in [4.69, 9.17) is 4.74 Å². The second-order valence-electron chi connectivity index (χ2n) is 4.13. The van der Waals surface area contributed by atoms with E-state index in [1.54, 1.807) is 0 Å². The fourth-order valence-corrected chi connectivity index (χ4v) is 1.72. The van der Waals surface area contributed by atoms with Gasteiger partial charge in [-0.2, -0.15) is 0 Å². The van der Waals surface area contributed by atoms with Crippen molar-refractivity contribution in [3.05, 3.63) is 29.8 Å². The van der Waals surface area contributed by atoms with Crippen molar-refractivity contribution in [2.75, 3.05) is 5.33 Å². The number of halogens is 1. The predicted octanol–water partition coefficient (Wildman–Crippen LogP) is 3.05. The van der Waals surface area contributed by atoms with Crippen molar-refractivity contribution in [1.82, 2.24) is 5.32 Å². The number of benzene rings is 1. The number of alkyl halides is 1. The fraction of sp³-hybridized carbons (Fsp3) is 0.462. The maximum Gasteiger partial charge on any atom is 0.231 e. The lowest BCUT2D eigenvalue weighted by molar-refractivity contribution is -0.119. The lowest BCUT2D eigenvalue weighted by Gasteiger charge is -2.19. The first-order chi connectivity index (χ1) is 8.04. The minimum atomic E-state index is -0.0602. The second kappa shape index (κ2) is 6.64. The third-order valence-corrected chi connectivity index (χ3v) is 2.76. The number of amides is 1. The molecule has 0 saturated carbocycles. The molecule has 0 bridgehead atoms. The first kappa shape index (κ1) is 14.0. The number of carbonyl (C=O) groups is 1. The van der Waals surface area contributed by atoms with Crippen molar-refractivity contribution in [3.63, 3.8) is 0 Å². The van der Waals surface area contributed by atoms with Gasteiger partial charge < -0.3 is 10.1 Å². The summed E-state index contributed by atoms with van der Waals surface area (Å²) in [4.78, 5) is 11.3. The van der Waals surface area contributed by atoms with Crippen LogP contribution in [0.15, 0.2) is 24.3 Å². The van der Waals surface area contributed by atoms with E-state index in [0.717, 1.165) is 11.3 Å². The van der Waals surface area contributed by atoms with Gasteiger partial charge in [-0.05, 0) is 26.8 Å². The molecule has 0 fully saturated rings. The van der Waals surface area contributed by atoms with Gasteiger partial charge in [-0.15, -0.1) is 0 Å². The number of hydrogen-bond acceptors (Lipinski definition) is 2. The van der Waals surface area contributed by atoms with Gasteiger partial charge in [-0.3, -0.25) is 4.79 Å². The van der Waals surface area contributed by atoms with Gasteiger partial charge in [0.1, 0.15) is 5.75 Å². The van der Waals surface area contributed by atoms with Gasteiger partial charge >= 0.3 is 0 Å². The monoisotopic (exact) mass is 299 g/mol. The summed E-state index contributed by atoms with van der Waals surface area (Å²) in [5, 5.41) is 3.20. The number of rotatable bonds is 5. The van der Waals surface area contributed by atoms with E-state index in [1.807, 2.05) is 45.0 Å². The Labute approximate surface area is 111 Å². The van der Waals surface area contributed by atoms with Crippen LogP contribution in [0.1, 0.15) is 32.4 Å². The highest BCUT2D eigenvalue weighted by Crippen LogP contribution is 2.25. The van der Waals surface area contributed by atoms with Gasteiger partial charge in [0, 0.05) is 5.56 Å². The minimum Gasteiger partial charge on any atom is -0.491 e. The average molecular weight is 300 g/mol. The summed E-state index contributed by atoms with van der Waals surface area (Å²) in [5.41, 5.74) is 0.996. The molecule has 0 aromatic heterocycles. The fourth-order valence-electron chi connectivity index (χ4n) is 1.56. The largest absolute Gasteiger partial charge is 0.491 e. The Hall–Kier alpha value is -1.03. The van der Waals surface area contributed by atoms with Gasteiger partial charge in [-0.25, -0.2) is 0 Å². The van der Waals surface area contributed by atoms with E-state index < -0.39 is 0 Å². The Morgan fingerprint density at radius 1 is 1.35 bits per heavy atom. The molecule has 1 aromatic carbocycles. The first-order valence-corrected chi connectivity index (χ1v) is 6.77. The van der Waals surface area contributed by atoms with Crippen LogP contribution in [0.4, 0.5) is 0 Å². The molecule has 1 amide bonds. The molecule has 0 radical (unpaired) electrons. The van der Waals surface area contributed by atoms with Crippen LogP contribution in [0.25, 0.3) is 0 Å². The third kappa shape index (κ3) is 4.38. The number of ether oxygens (including phenoxy) is 1. The zero-order valence-electron chi connectivity index (χ0n) is 10.4. The molecule has 4 heteroatoms. The summed E-state index contributed by atoms with van der Waals surface area (Å²) in [6.07, 6.45) is 0.121. The Kier molecular flexibility index (Phi) is 5.48. The molecule has 1 rings (SSSR count). The van der Waals surface area contributed by atoms with Crippen LogP contribution in [0.2, 0.25) is 0 Å². The topological polar surface area (TPSA) is 38.3 Å². The highest BCUT2D eigenvalue weighted by molar-refractivity contribution is 9.09. The molecule has 1 atom stereocenters. The van der Waals surface area contributed by atoms with Crippen molar-refractivity contribution < 1.29 is 9.53 Å². The van der Waals surface area contributed by atoms with E-state index in [-0.39, 0.29) is 18.1 Å². The van der Waals surface area contributed by atoms with E-state index in [9.17, 15) is 4.79 Å². The van der Waals surface area contributed by atoms with E-state index in [0.29, 0.717) is 5.33 Å². The Balaban J connectivity index is 2.84. The molecule has 0 saturated heterocycles. The van der Waals surface area contributed by atoms with E-state index in [1.165, 1.54) is 0 Å². The lowest BCUT2D eigenvalue weighted by atomic mass is 10.1. The second-order valence-corrected chi connectivity index (χ2v) is 4.69. The number of carbonyl (C=O) groups excluding carboxylic acids is 1.